The minimum atomic E-state index is -1.20. The first kappa shape index (κ1) is 23.0. The van der Waals surface area contributed by atoms with Gasteiger partial charge < -0.3 is 25.5 Å². The Morgan fingerprint density at radius 3 is 2.48 bits per heavy atom. The largest absolute Gasteiger partial charge is 0.463 e. The fourth-order valence-electron chi connectivity index (χ4n) is 2.28. The first-order valence-electron chi connectivity index (χ1n) is 8.57. The summed E-state index contributed by atoms with van der Waals surface area (Å²) in [4.78, 5) is 16.3. The Labute approximate surface area is 176 Å². The van der Waals surface area contributed by atoms with E-state index in [4.69, 9.17) is 4.42 Å². The summed E-state index contributed by atoms with van der Waals surface area (Å²) in [5, 5.41) is 19.4. The number of carbonyl (C=O) groups excluding carboxylic acids is 1. The maximum Gasteiger partial charge on any atom is 0.246 e. The van der Waals surface area contributed by atoms with Crippen LogP contribution in [0.2, 0.25) is 0 Å². The van der Waals surface area contributed by atoms with Crippen LogP contribution >= 0.6 is 24.0 Å². The molecule has 0 bridgehead atoms. The van der Waals surface area contributed by atoms with Crippen molar-refractivity contribution in [3.8, 4) is 0 Å². The average molecular weight is 486 g/mol. The predicted octanol–water partition coefficient (Wildman–Crippen LogP) is 2.61. The van der Waals surface area contributed by atoms with Gasteiger partial charge in [0.1, 0.15) is 23.7 Å². The number of aliphatic hydroxyl groups is 1. The SMILES string of the molecule is CCNC(=NCC(=O)Nc1ccccc1)NCC(C)(O)c1ccc(C)o1.I. The molecule has 0 saturated heterocycles. The maximum atomic E-state index is 12.0. The third-order valence-corrected chi connectivity index (χ3v) is 3.65. The fourth-order valence-corrected chi connectivity index (χ4v) is 2.28. The van der Waals surface area contributed by atoms with Gasteiger partial charge in [0.25, 0.3) is 0 Å². The number of hydrogen-bond donors (Lipinski definition) is 4. The van der Waals surface area contributed by atoms with Crippen LogP contribution in [0.15, 0.2) is 51.9 Å². The van der Waals surface area contributed by atoms with Crippen LogP contribution in [0.4, 0.5) is 5.69 Å². The highest BCUT2D eigenvalue weighted by atomic mass is 127. The van der Waals surface area contributed by atoms with Gasteiger partial charge in [0.2, 0.25) is 5.91 Å². The number of guanidine groups is 1. The van der Waals surface area contributed by atoms with Gasteiger partial charge in [-0.05, 0) is 45.0 Å². The minimum absolute atomic E-state index is 0. The summed E-state index contributed by atoms with van der Waals surface area (Å²) in [5.74, 6) is 1.43. The van der Waals surface area contributed by atoms with E-state index in [9.17, 15) is 9.90 Å². The first-order chi connectivity index (χ1) is 12.4. The molecular weight excluding hydrogens is 459 g/mol. The lowest BCUT2D eigenvalue weighted by Gasteiger charge is -2.22. The van der Waals surface area contributed by atoms with E-state index < -0.39 is 5.60 Å². The zero-order chi connectivity index (χ0) is 19.0. The van der Waals surface area contributed by atoms with E-state index in [0.717, 1.165) is 11.4 Å². The van der Waals surface area contributed by atoms with Crippen molar-refractivity contribution >= 4 is 41.5 Å². The van der Waals surface area contributed by atoms with Gasteiger partial charge in [-0.3, -0.25) is 4.79 Å². The van der Waals surface area contributed by atoms with Crippen LogP contribution in [-0.4, -0.2) is 36.6 Å². The number of rotatable bonds is 7. The number of nitrogens with zero attached hydrogens (tertiary/aromatic N) is 1. The van der Waals surface area contributed by atoms with Gasteiger partial charge in [-0.1, -0.05) is 18.2 Å². The van der Waals surface area contributed by atoms with Gasteiger partial charge in [0, 0.05) is 12.2 Å². The zero-order valence-corrected chi connectivity index (χ0v) is 18.1. The van der Waals surface area contributed by atoms with Gasteiger partial charge in [0.05, 0.1) is 6.54 Å². The van der Waals surface area contributed by atoms with Crippen LogP contribution in [0.25, 0.3) is 0 Å². The number of amides is 1. The molecule has 1 atom stereocenters. The lowest BCUT2D eigenvalue weighted by Crippen LogP contribution is -2.44. The Morgan fingerprint density at radius 1 is 1.19 bits per heavy atom. The molecular formula is C19H27IN4O3. The number of hydrogen-bond acceptors (Lipinski definition) is 4. The van der Waals surface area contributed by atoms with Crippen molar-refractivity contribution in [2.45, 2.75) is 26.4 Å². The molecule has 1 aromatic heterocycles. The summed E-state index contributed by atoms with van der Waals surface area (Å²) in [6.07, 6.45) is 0. The second kappa shape index (κ2) is 10.9. The van der Waals surface area contributed by atoms with E-state index in [1.165, 1.54) is 0 Å². The Balaban J connectivity index is 0.00000364. The van der Waals surface area contributed by atoms with E-state index in [2.05, 4.69) is 20.9 Å². The Morgan fingerprint density at radius 2 is 1.89 bits per heavy atom. The third-order valence-electron chi connectivity index (χ3n) is 3.65. The van der Waals surface area contributed by atoms with E-state index in [1.807, 2.05) is 44.2 Å². The predicted molar refractivity (Wildman–Crippen MR) is 117 cm³/mol. The monoisotopic (exact) mass is 486 g/mol. The lowest BCUT2D eigenvalue weighted by atomic mass is 10.0. The van der Waals surface area contributed by atoms with Crippen molar-refractivity contribution in [3.63, 3.8) is 0 Å². The molecule has 0 radical (unpaired) electrons. The van der Waals surface area contributed by atoms with Crippen LogP contribution in [0, 0.1) is 6.92 Å². The van der Waals surface area contributed by atoms with Crippen molar-refractivity contribution in [2.75, 3.05) is 25.0 Å². The van der Waals surface area contributed by atoms with Crippen molar-refractivity contribution in [1.29, 1.82) is 0 Å². The maximum absolute atomic E-state index is 12.0. The molecule has 0 aliphatic heterocycles. The third kappa shape index (κ3) is 7.59. The summed E-state index contributed by atoms with van der Waals surface area (Å²) in [6, 6.07) is 12.8. The molecule has 1 unspecified atom stereocenters. The number of aliphatic imine (C=N–C) groups is 1. The van der Waals surface area contributed by atoms with Crippen molar-refractivity contribution in [1.82, 2.24) is 10.6 Å². The smallest absolute Gasteiger partial charge is 0.246 e. The van der Waals surface area contributed by atoms with E-state index >= 15 is 0 Å². The summed E-state index contributed by atoms with van der Waals surface area (Å²) < 4.78 is 5.49. The molecule has 1 heterocycles. The number of para-hydroxylation sites is 1. The molecule has 8 heteroatoms. The summed E-state index contributed by atoms with van der Waals surface area (Å²) in [6.45, 7) is 6.19. The highest BCUT2D eigenvalue weighted by Crippen LogP contribution is 2.21. The molecule has 4 N–H and O–H groups in total. The van der Waals surface area contributed by atoms with Crippen LogP contribution in [0.5, 0.6) is 0 Å². The average Bonchev–Trinajstić information content (AvgIpc) is 3.06. The minimum Gasteiger partial charge on any atom is -0.463 e. The normalized spacial score (nSPS) is 13.3. The van der Waals surface area contributed by atoms with Crippen LogP contribution in [-0.2, 0) is 10.4 Å². The van der Waals surface area contributed by atoms with E-state index in [1.54, 1.807) is 19.1 Å². The molecule has 2 aromatic rings. The first-order valence-corrected chi connectivity index (χ1v) is 8.57. The summed E-state index contributed by atoms with van der Waals surface area (Å²) >= 11 is 0. The molecule has 0 aliphatic carbocycles. The second-order valence-electron chi connectivity index (χ2n) is 6.15. The number of aryl methyl sites for hydroxylation is 1. The van der Waals surface area contributed by atoms with Gasteiger partial charge in [0.15, 0.2) is 5.96 Å². The van der Waals surface area contributed by atoms with Gasteiger partial charge in [-0.15, -0.1) is 24.0 Å². The Hall–Kier alpha value is -2.07. The topological polar surface area (TPSA) is 98.9 Å². The number of furan rings is 1. The number of anilines is 1. The highest BCUT2D eigenvalue weighted by molar-refractivity contribution is 14.0. The Bertz CT molecular complexity index is 744. The Kier molecular flexibility index (Phi) is 9.30. The van der Waals surface area contributed by atoms with Crippen LogP contribution < -0.4 is 16.0 Å². The lowest BCUT2D eigenvalue weighted by molar-refractivity contribution is -0.114. The number of nitrogens with one attached hydrogen (secondary N) is 3. The zero-order valence-electron chi connectivity index (χ0n) is 15.8. The van der Waals surface area contributed by atoms with Crippen LogP contribution in [0.3, 0.4) is 0 Å². The van der Waals surface area contributed by atoms with Crippen LogP contribution in [0.1, 0.15) is 25.4 Å². The molecule has 1 aromatic carbocycles. The second-order valence-corrected chi connectivity index (χ2v) is 6.15. The standard InChI is InChI=1S/C19H26N4O3.HI/c1-4-20-18(21-12-17(24)23-15-8-6-5-7-9-15)22-13-19(3,25)16-11-10-14(2)26-16;/h5-11,25H,4,12-13H2,1-3H3,(H,23,24)(H2,20,21,22);1H. The molecule has 27 heavy (non-hydrogen) atoms. The molecule has 7 nitrogen and oxygen atoms in total. The highest BCUT2D eigenvalue weighted by Gasteiger charge is 2.27. The molecule has 0 fully saturated rings. The van der Waals surface area contributed by atoms with Crippen molar-refractivity contribution < 1.29 is 14.3 Å². The molecule has 2 rings (SSSR count). The molecule has 1 amide bonds. The van der Waals surface area contributed by atoms with Crippen molar-refractivity contribution in [2.24, 2.45) is 4.99 Å². The van der Waals surface area contributed by atoms with Crippen molar-refractivity contribution in [3.05, 3.63) is 54.0 Å². The number of halogens is 1. The van der Waals surface area contributed by atoms with E-state index in [-0.39, 0.29) is 43.0 Å². The summed E-state index contributed by atoms with van der Waals surface area (Å²) in [7, 11) is 0. The molecule has 0 spiro atoms. The van der Waals surface area contributed by atoms with Gasteiger partial charge in [-0.25, -0.2) is 4.99 Å². The number of carbonyl (C=O) groups is 1. The molecule has 148 valence electrons. The number of benzene rings is 1. The van der Waals surface area contributed by atoms with E-state index in [0.29, 0.717) is 18.3 Å². The molecule has 0 aliphatic rings. The fraction of sp³-hybridized carbons (Fsp3) is 0.368. The molecule has 0 saturated carbocycles. The van der Waals surface area contributed by atoms with Gasteiger partial charge in [-0.2, -0.15) is 0 Å². The van der Waals surface area contributed by atoms with Gasteiger partial charge >= 0.3 is 0 Å². The summed E-state index contributed by atoms with van der Waals surface area (Å²) in [5.41, 5.74) is -0.474. The quantitative estimate of drug-likeness (QED) is 0.274.